The fraction of sp³-hybridized carbons (Fsp3) is 0.438. The largest absolute Gasteiger partial charge is 0.465 e. The summed E-state index contributed by atoms with van der Waals surface area (Å²) in [4.78, 5) is 11.5. The van der Waals surface area contributed by atoms with Crippen LogP contribution in [0.15, 0.2) is 24.3 Å². The zero-order valence-corrected chi connectivity index (χ0v) is 13.4. The van der Waals surface area contributed by atoms with E-state index in [9.17, 15) is 44.3 Å². The van der Waals surface area contributed by atoms with Gasteiger partial charge in [0.15, 0.2) is 0 Å². The third-order valence-corrected chi connectivity index (χ3v) is 3.33. The molecule has 0 unspecified atom stereocenters. The molecule has 1 aromatic carbocycles. The summed E-state index contributed by atoms with van der Waals surface area (Å²) in [5.41, 5.74) is -0.103. The molecule has 0 bridgehead atoms. The third kappa shape index (κ3) is 4.48. The summed E-state index contributed by atoms with van der Waals surface area (Å²) in [7, 11) is 1.05. The van der Waals surface area contributed by atoms with Crippen molar-refractivity contribution in [3.63, 3.8) is 0 Å². The molecule has 11 heteroatoms. The van der Waals surface area contributed by atoms with Crippen LogP contribution in [-0.4, -0.2) is 37.0 Å². The van der Waals surface area contributed by atoms with Crippen molar-refractivity contribution in [2.24, 2.45) is 0 Å². The minimum absolute atomic E-state index is 0.0277. The highest BCUT2D eigenvalue weighted by Crippen LogP contribution is 2.54. The Morgan fingerprint density at radius 2 is 1.52 bits per heavy atom. The summed E-state index contributed by atoms with van der Waals surface area (Å²) in [6.45, 7) is 0. The normalized spacial score (nSPS) is 13.0. The van der Waals surface area contributed by atoms with Gasteiger partial charge in [-0.1, -0.05) is 24.0 Å². The van der Waals surface area contributed by atoms with E-state index in [4.69, 9.17) is 0 Å². The zero-order chi connectivity index (χ0) is 21.1. The van der Waals surface area contributed by atoms with Gasteiger partial charge in [-0.15, -0.1) is 0 Å². The number of ether oxygens (including phenoxy) is 1. The number of carbonyl (C=O) groups is 1. The van der Waals surface area contributed by atoms with Gasteiger partial charge >= 0.3 is 29.9 Å². The molecular formula is C16H11F9O2. The number of esters is 1. The fourth-order valence-electron chi connectivity index (χ4n) is 1.82. The van der Waals surface area contributed by atoms with E-state index < -0.39 is 42.8 Å². The maximum atomic E-state index is 13.3. The molecule has 0 saturated carbocycles. The lowest BCUT2D eigenvalue weighted by atomic mass is 9.99. The van der Waals surface area contributed by atoms with Crippen molar-refractivity contribution in [2.75, 3.05) is 7.11 Å². The van der Waals surface area contributed by atoms with Crippen LogP contribution in [0.25, 0.3) is 0 Å². The number of hydrogen-bond donors (Lipinski definition) is 0. The lowest BCUT2D eigenvalue weighted by Gasteiger charge is -2.33. The highest BCUT2D eigenvalue weighted by Gasteiger charge is 2.81. The van der Waals surface area contributed by atoms with Gasteiger partial charge in [-0.05, 0) is 12.1 Å². The summed E-state index contributed by atoms with van der Waals surface area (Å²) < 4.78 is 119. The lowest BCUT2D eigenvalue weighted by molar-refractivity contribution is -0.396. The van der Waals surface area contributed by atoms with Crippen LogP contribution in [0.3, 0.4) is 0 Å². The zero-order valence-electron chi connectivity index (χ0n) is 13.4. The number of carbonyl (C=O) groups excluding carboxylic acids is 1. The van der Waals surface area contributed by atoms with Crippen LogP contribution in [0, 0.1) is 11.8 Å². The van der Waals surface area contributed by atoms with Gasteiger partial charge in [-0.2, -0.15) is 39.5 Å². The van der Waals surface area contributed by atoms with Crippen molar-refractivity contribution < 1.29 is 49.0 Å². The SMILES string of the molecule is COC(=O)c1ccccc1C#CCCC(F)(F)C(F)(F)C(F)(F)C(F)(F)F. The van der Waals surface area contributed by atoms with Crippen molar-refractivity contribution in [1.82, 2.24) is 0 Å². The van der Waals surface area contributed by atoms with E-state index in [1.165, 1.54) is 24.3 Å². The summed E-state index contributed by atoms with van der Waals surface area (Å²) >= 11 is 0. The number of alkyl halides is 9. The molecule has 0 aliphatic heterocycles. The second kappa shape index (κ2) is 7.70. The molecule has 0 fully saturated rings. The van der Waals surface area contributed by atoms with Crippen molar-refractivity contribution >= 4 is 5.97 Å². The summed E-state index contributed by atoms with van der Waals surface area (Å²) in [6.07, 6.45) is -10.0. The first kappa shape index (κ1) is 22.7. The molecular weight excluding hydrogens is 395 g/mol. The molecule has 0 aromatic heterocycles. The summed E-state index contributed by atoms with van der Waals surface area (Å²) in [5, 5.41) is 0. The second-order valence-corrected chi connectivity index (χ2v) is 5.19. The van der Waals surface area contributed by atoms with Crippen molar-refractivity contribution in [1.29, 1.82) is 0 Å². The quantitative estimate of drug-likeness (QED) is 0.388. The van der Waals surface area contributed by atoms with Gasteiger partial charge in [0.25, 0.3) is 0 Å². The van der Waals surface area contributed by atoms with E-state index in [0.717, 1.165) is 7.11 Å². The number of methoxy groups -OCH3 is 1. The predicted molar refractivity (Wildman–Crippen MR) is 74.8 cm³/mol. The standard InChI is InChI=1S/C16H11F9O2/c1-27-12(26)11-8-3-2-6-10(11)7-4-5-9-13(17,18)14(19,20)15(21,22)16(23,24)25/h2-3,6,8H,5,9H2,1H3. The van der Waals surface area contributed by atoms with E-state index >= 15 is 0 Å². The molecule has 27 heavy (non-hydrogen) atoms. The Morgan fingerprint density at radius 1 is 0.963 bits per heavy atom. The molecule has 0 heterocycles. The molecule has 0 aliphatic carbocycles. The Kier molecular flexibility index (Phi) is 6.46. The van der Waals surface area contributed by atoms with Crippen LogP contribution in [0.5, 0.6) is 0 Å². The summed E-state index contributed by atoms with van der Waals surface area (Å²) in [6, 6.07) is 5.36. The molecule has 0 aliphatic rings. The topological polar surface area (TPSA) is 26.3 Å². The molecule has 0 atom stereocenters. The third-order valence-electron chi connectivity index (χ3n) is 3.33. The molecule has 150 valence electrons. The van der Waals surface area contributed by atoms with Gasteiger partial charge in [0.05, 0.1) is 12.7 Å². The number of benzene rings is 1. The molecule has 0 amide bonds. The fourth-order valence-corrected chi connectivity index (χ4v) is 1.82. The van der Waals surface area contributed by atoms with E-state index in [-0.39, 0.29) is 11.1 Å². The molecule has 0 saturated heterocycles. The highest BCUT2D eigenvalue weighted by atomic mass is 19.4. The van der Waals surface area contributed by atoms with Gasteiger partial charge in [0.2, 0.25) is 0 Å². The van der Waals surface area contributed by atoms with E-state index in [1.807, 2.05) is 5.92 Å². The van der Waals surface area contributed by atoms with Gasteiger partial charge in [0.1, 0.15) is 0 Å². The summed E-state index contributed by atoms with van der Waals surface area (Å²) in [5.74, 6) is -16.0. The first-order chi connectivity index (χ1) is 12.2. The van der Waals surface area contributed by atoms with Crippen LogP contribution in [0.2, 0.25) is 0 Å². The molecule has 0 radical (unpaired) electrons. The maximum Gasteiger partial charge on any atom is 0.460 e. The molecule has 0 spiro atoms. The number of halogens is 9. The van der Waals surface area contributed by atoms with Gasteiger partial charge in [-0.25, -0.2) is 4.79 Å². The van der Waals surface area contributed by atoms with Crippen molar-refractivity contribution in [2.45, 2.75) is 36.8 Å². The number of rotatable bonds is 5. The van der Waals surface area contributed by atoms with Gasteiger partial charge < -0.3 is 4.74 Å². The van der Waals surface area contributed by atoms with Crippen LogP contribution < -0.4 is 0 Å². The lowest BCUT2D eigenvalue weighted by Crippen LogP contribution is -2.60. The Morgan fingerprint density at radius 3 is 2.04 bits per heavy atom. The minimum Gasteiger partial charge on any atom is -0.465 e. The van der Waals surface area contributed by atoms with Crippen molar-refractivity contribution in [3.8, 4) is 11.8 Å². The van der Waals surface area contributed by atoms with Gasteiger partial charge in [-0.3, -0.25) is 0 Å². The first-order valence-corrected chi connectivity index (χ1v) is 7.05. The van der Waals surface area contributed by atoms with Crippen molar-refractivity contribution in [3.05, 3.63) is 35.4 Å². The monoisotopic (exact) mass is 406 g/mol. The van der Waals surface area contributed by atoms with Gasteiger partial charge in [0, 0.05) is 18.4 Å². The first-order valence-electron chi connectivity index (χ1n) is 7.05. The Labute approximate surface area is 147 Å². The minimum atomic E-state index is -6.92. The van der Waals surface area contributed by atoms with E-state index in [0.29, 0.717) is 0 Å². The highest BCUT2D eigenvalue weighted by molar-refractivity contribution is 5.92. The maximum absolute atomic E-state index is 13.3. The molecule has 1 aromatic rings. The number of hydrogen-bond acceptors (Lipinski definition) is 2. The second-order valence-electron chi connectivity index (χ2n) is 5.19. The van der Waals surface area contributed by atoms with Crippen LogP contribution in [-0.2, 0) is 4.74 Å². The smallest absolute Gasteiger partial charge is 0.460 e. The molecule has 0 N–H and O–H groups in total. The van der Waals surface area contributed by atoms with Crippen LogP contribution in [0.4, 0.5) is 39.5 Å². The Bertz CT molecular complexity index is 742. The average Bonchev–Trinajstić information content (AvgIpc) is 2.57. The average molecular weight is 406 g/mol. The Hall–Kier alpha value is -2.38. The molecule has 1 rings (SSSR count). The molecule has 2 nitrogen and oxygen atoms in total. The van der Waals surface area contributed by atoms with Crippen LogP contribution >= 0.6 is 0 Å². The predicted octanol–water partition coefficient (Wildman–Crippen LogP) is 5.07. The van der Waals surface area contributed by atoms with E-state index in [1.54, 1.807) is 0 Å². The van der Waals surface area contributed by atoms with E-state index in [2.05, 4.69) is 10.7 Å². The van der Waals surface area contributed by atoms with Crippen LogP contribution in [0.1, 0.15) is 28.8 Å². The Balaban J connectivity index is 2.98.